The number of anilines is 1. The average molecular weight is 684 g/mol. The van der Waals surface area contributed by atoms with E-state index in [1.807, 2.05) is 59.2 Å². The molecule has 4 aliphatic heterocycles. The van der Waals surface area contributed by atoms with Gasteiger partial charge in [-0.25, -0.2) is 9.59 Å². The van der Waals surface area contributed by atoms with E-state index < -0.39 is 12.2 Å². The second-order valence-corrected chi connectivity index (χ2v) is 14.2. The average Bonchev–Trinajstić information content (AvgIpc) is 3.31. The molecule has 3 fully saturated rings. The number of nitrogens with zero attached hydrogens (tertiary/aromatic N) is 5. The number of piperidine rings is 2. The van der Waals surface area contributed by atoms with Gasteiger partial charge in [-0.1, -0.05) is 24.3 Å². The third-order valence-corrected chi connectivity index (χ3v) is 11.2. The number of aryl methyl sites for hydroxylation is 2. The Labute approximate surface area is 293 Å². The zero-order valence-corrected chi connectivity index (χ0v) is 29.2. The lowest BCUT2D eigenvalue weighted by molar-refractivity contribution is -0.142. The summed E-state index contributed by atoms with van der Waals surface area (Å²) in [6.45, 7) is 8.78. The van der Waals surface area contributed by atoms with Crippen LogP contribution in [0.4, 0.5) is 15.3 Å². The number of hydrogen-bond acceptors (Lipinski definition) is 7. The Morgan fingerprint density at radius 1 is 0.860 bits per heavy atom. The molecule has 1 atom stereocenters. The number of amides is 4. The number of rotatable bonds is 6. The second kappa shape index (κ2) is 14.8. The van der Waals surface area contributed by atoms with Gasteiger partial charge in [-0.2, -0.15) is 0 Å². The van der Waals surface area contributed by atoms with Crippen LogP contribution in [0.5, 0.6) is 0 Å². The fourth-order valence-corrected chi connectivity index (χ4v) is 8.36. The number of carbonyl (C=O) groups excluding carboxylic acids is 3. The largest absolute Gasteiger partial charge is 0.436 e. The third kappa shape index (κ3) is 7.22. The number of piperazine rings is 1. The summed E-state index contributed by atoms with van der Waals surface area (Å²) >= 11 is 0. The minimum atomic E-state index is -0.977. The number of benzene rings is 2. The number of carbonyl (C=O) groups is 3. The highest BCUT2D eigenvalue weighted by Crippen LogP contribution is 2.27. The second-order valence-electron chi connectivity index (χ2n) is 14.2. The van der Waals surface area contributed by atoms with Crippen LogP contribution in [0, 0.1) is 6.92 Å². The predicted molar refractivity (Wildman–Crippen MR) is 192 cm³/mol. The van der Waals surface area contributed by atoms with Crippen LogP contribution in [0.1, 0.15) is 42.4 Å². The lowest BCUT2D eigenvalue weighted by Crippen LogP contribution is -2.54. The van der Waals surface area contributed by atoms with Crippen molar-refractivity contribution in [2.45, 2.75) is 63.6 Å². The van der Waals surface area contributed by atoms with E-state index in [9.17, 15) is 19.2 Å². The highest BCUT2D eigenvalue weighted by Gasteiger charge is 2.36. The van der Waals surface area contributed by atoms with E-state index in [1.54, 1.807) is 22.6 Å². The van der Waals surface area contributed by atoms with Crippen LogP contribution in [0.25, 0.3) is 10.9 Å². The van der Waals surface area contributed by atoms with E-state index in [-0.39, 0.29) is 30.0 Å². The Kier molecular flexibility index (Phi) is 10.1. The van der Waals surface area contributed by atoms with Crippen LogP contribution >= 0.6 is 0 Å². The number of likely N-dealkylation sites (tertiary alicyclic amines) is 2. The van der Waals surface area contributed by atoms with E-state index in [4.69, 9.17) is 4.74 Å². The molecule has 0 spiro atoms. The summed E-state index contributed by atoms with van der Waals surface area (Å²) in [7, 11) is 1.76. The first-order valence-corrected chi connectivity index (χ1v) is 18.2. The van der Waals surface area contributed by atoms with Gasteiger partial charge in [0, 0.05) is 96.2 Å². The number of para-hydroxylation sites is 1. The van der Waals surface area contributed by atoms with Gasteiger partial charge in [0.05, 0.1) is 5.52 Å². The fourth-order valence-electron chi connectivity index (χ4n) is 8.36. The van der Waals surface area contributed by atoms with Crippen molar-refractivity contribution in [1.82, 2.24) is 29.5 Å². The summed E-state index contributed by atoms with van der Waals surface area (Å²) < 4.78 is 7.78. The predicted octanol–water partition coefficient (Wildman–Crippen LogP) is 3.35. The normalized spacial score (nSPS) is 20.3. The fraction of sp³-hybridized carbons (Fsp3) is 0.526. The number of urea groups is 1. The topological polar surface area (TPSA) is 119 Å². The molecule has 50 heavy (non-hydrogen) atoms. The SMILES string of the molecule is Cc1cc(C[C@@H](OC(=O)N2CCC(N3CCc4ccccc4NC3=O)CC2)C(=O)N2CCC(N3CCNCC3)CC2)cc2ccc(=O)n(C)c12. The third-order valence-electron chi connectivity index (χ3n) is 11.2. The monoisotopic (exact) mass is 683 g/mol. The van der Waals surface area contributed by atoms with Crippen molar-refractivity contribution < 1.29 is 19.1 Å². The molecule has 2 aromatic carbocycles. The van der Waals surface area contributed by atoms with Gasteiger partial charge in [-0.15, -0.1) is 0 Å². The Morgan fingerprint density at radius 2 is 1.56 bits per heavy atom. The summed E-state index contributed by atoms with van der Waals surface area (Å²) in [5, 5.41) is 7.37. The molecule has 0 saturated carbocycles. The Bertz CT molecular complexity index is 1790. The van der Waals surface area contributed by atoms with Crippen molar-refractivity contribution in [2.24, 2.45) is 7.05 Å². The van der Waals surface area contributed by atoms with Crippen LogP contribution in [0.2, 0.25) is 0 Å². The first-order chi connectivity index (χ1) is 24.2. The summed E-state index contributed by atoms with van der Waals surface area (Å²) in [6, 6.07) is 15.6. The molecular weight excluding hydrogens is 634 g/mol. The molecule has 3 saturated heterocycles. The molecule has 3 aromatic rings. The van der Waals surface area contributed by atoms with Gasteiger partial charge in [-0.3, -0.25) is 14.5 Å². The first kappa shape index (κ1) is 34.0. The van der Waals surface area contributed by atoms with Gasteiger partial charge in [0.2, 0.25) is 0 Å². The van der Waals surface area contributed by atoms with E-state index in [0.717, 1.165) is 78.7 Å². The smallest absolute Gasteiger partial charge is 0.410 e. The zero-order valence-electron chi connectivity index (χ0n) is 29.2. The summed E-state index contributed by atoms with van der Waals surface area (Å²) in [6.07, 6.45) is 2.63. The molecule has 12 heteroatoms. The highest BCUT2D eigenvalue weighted by molar-refractivity contribution is 5.91. The first-order valence-electron chi connectivity index (χ1n) is 18.2. The van der Waals surface area contributed by atoms with E-state index in [0.29, 0.717) is 51.6 Å². The van der Waals surface area contributed by atoms with E-state index in [1.165, 1.54) is 0 Å². The number of pyridine rings is 1. The quantitative estimate of drug-likeness (QED) is 0.409. The van der Waals surface area contributed by atoms with Crippen molar-refractivity contribution in [2.75, 3.05) is 64.2 Å². The van der Waals surface area contributed by atoms with Crippen molar-refractivity contribution in [3.05, 3.63) is 75.6 Å². The van der Waals surface area contributed by atoms with Crippen molar-refractivity contribution in [3.63, 3.8) is 0 Å². The van der Waals surface area contributed by atoms with Crippen LogP contribution in [-0.2, 0) is 29.4 Å². The Morgan fingerprint density at radius 3 is 2.32 bits per heavy atom. The molecule has 0 radical (unpaired) electrons. The summed E-state index contributed by atoms with van der Waals surface area (Å²) in [5.41, 5.74) is 4.55. The maximum absolute atomic E-state index is 14.2. The maximum atomic E-state index is 14.2. The summed E-state index contributed by atoms with van der Waals surface area (Å²) in [5.74, 6) is -0.161. The number of hydrogen-bond donors (Lipinski definition) is 2. The standard InChI is InChI=1S/C38H49N7O5/c1-26-23-27(24-29-7-8-34(46)41(2)35(26)29)25-33(36(47)43-16-10-30(11-17-43)42-21-14-39-15-22-42)50-38(49)44-18-12-31(13-19-44)45-20-9-28-5-3-4-6-32(28)40-37(45)48/h3-8,23-24,30-31,33,39H,9-22,25H2,1-2H3,(H,40,48)/t33-/m1/s1. The molecule has 0 aliphatic carbocycles. The van der Waals surface area contributed by atoms with E-state index >= 15 is 0 Å². The van der Waals surface area contributed by atoms with Crippen LogP contribution < -0.4 is 16.2 Å². The van der Waals surface area contributed by atoms with Crippen molar-refractivity contribution in [1.29, 1.82) is 0 Å². The van der Waals surface area contributed by atoms with Crippen LogP contribution in [-0.4, -0.2) is 119 Å². The van der Waals surface area contributed by atoms with Gasteiger partial charge in [-0.05, 0) is 79.3 Å². The molecule has 1 aromatic heterocycles. The van der Waals surface area contributed by atoms with Gasteiger partial charge in [0.1, 0.15) is 0 Å². The molecule has 4 aliphatic rings. The van der Waals surface area contributed by atoms with Crippen molar-refractivity contribution in [3.8, 4) is 0 Å². The molecule has 2 N–H and O–H groups in total. The maximum Gasteiger partial charge on any atom is 0.410 e. The Balaban J connectivity index is 1.03. The summed E-state index contributed by atoms with van der Waals surface area (Å²) in [4.78, 5) is 61.4. The minimum absolute atomic E-state index is 0.0133. The van der Waals surface area contributed by atoms with Gasteiger partial charge < -0.3 is 34.6 Å². The molecule has 5 heterocycles. The molecule has 7 rings (SSSR count). The molecule has 0 bridgehead atoms. The van der Waals surface area contributed by atoms with Crippen LogP contribution in [0.3, 0.4) is 0 Å². The van der Waals surface area contributed by atoms with Gasteiger partial charge >= 0.3 is 12.1 Å². The molecular formula is C38H49N7O5. The van der Waals surface area contributed by atoms with Gasteiger partial charge in [0.15, 0.2) is 6.10 Å². The number of fused-ring (bicyclic) bond motifs is 2. The minimum Gasteiger partial charge on any atom is -0.436 e. The number of ether oxygens (including phenoxy) is 1. The molecule has 12 nitrogen and oxygen atoms in total. The van der Waals surface area contributed by atoms with Crippen LogP contribution in [0.15, 0.2) is 53.3 Å². The lowest BCUT2D eigenvalue weighted by atomic mass is 9.98. The van der Waals surface area contributed by atoms with E-state index in [2.05, 4.69) is 15.5 Å². The Hall–Kier alpha value is -4.42. The molecule has 266 valence electrons. The number of aromatic nitrogens is 1. The molecule has 4 amide bonds. The number of nitrogens with one attached hydrogen (secondary N) is 2. The lowest BCUT2D eigenvalue weighted by Gasteiger charge is -2.41. The van der Waals surface area contributed by atoms with Gasteiger partial charge in [0.25, 0.3) is 11.5 Å². The molecule has 0 unspecified atom stereocenters. The van der Waals surface area contributed by atoms with Crippen molar-refractivity contribution >= 4 is 34.6 Å². The highest BCUT2D eigenvalue weighted by atomic mass is 16.6. The zero-order chi connectivity index (χ0) is 34.8.